The summed E-state index contributed by atoms with van der Waals surface area (Å²) >= 11 is 0. The molecule has 0 fully saturated rings. The van der Waals surface area contributed by atoms with Gasteiger partial charge < -0.3 is 5.21 Å². The van der Waals surface area contributed by atoms with Crippen molar-refractivity contribution in [3.05, 3.63) is 11.1 Å². The van der Waals surface area contributed by atoms with Gasteiger partial charge in [-0.3, -0.25) is 0 Å². The average Bonchev–Trinajstić information content (AvgIpc) is 2.15. The van der Waals surface area contributed by atoms with Crippen molar-refractivity contribution in [2.45, 2.75) is 59.8 Å². The SMILES string of the molecule is CC1=C(CC/C(C)=N/O)C(C)(C)CCC1. The molecule has 1 aliphatic rings. The Kier molecular flexibility index (Phi) is 3.95. The van der Waals surface area contributed by atoms with Crippen LogP contribution < -0.4 is 0 Å². The van der Waals surface area contributed by atoms with Crippen LogP contribution in [0.25, 0.3) is 0 Å². The van der Waals surface area contributed by atoms with Crippen molar-refractivity contribution >= 4 is 5.71 Å². The quantitative estimate of drug-likeness (QED) is 0.322. The third-order valence-electron chi connectivity index (χ3n) is 3.59. The Bertz CT molecular complexity index is 287. The van der Waals surface area contributed by atoms with E-state index in [9.17, 15) is 0 Å². The zero-order chi connectivity index (χ0) is 11.5. The molecule has 1 aliphatic carbocycles. The zero-order valence-corrected chi connectivity index (χ0v) is 10.4. The number of nitrogens with zero attached hydrogens (tertiary/aromatic N) is 1. The van der Waals surface area contributed by atoms with Crippen LogP contribution in [0.4, 0.5) is 0 Å². The Labute approximate surface area is 93.1 Å². The summed E-state index contributed by atoms with van der Waals surface area (Å²) in [5.41, 5.74) is 4.31. The van der Waals surface area contributed by atoms with Crippen molar-refractivity contribution in [1.82, 2.24) is 0 Å². The van der Waals surface area contributed by atoms with E-state index in [0.717, 1.165) is 18.6 Å². The number of allylic oxidation sites excluding steroid dienone is 2. The summed E-state index contributed by atoms with van der Waals surface area (Å²) in [6.07, 6.45) is 5.78. The van der Waals surface area contributed by atoms with Crippen LogP contribution in [-0.2, 0) is 0 Å². The van der Waals surface area contributed by atoms with E-state index in [1.165, 1.54) is 19.3 Å². The molecule has 15 heavy (non-hydrogen) atoms. The van der Waals surface area contributed by atoms with Crippen molar-refractivity contribution in [2.24, 2.45) is 10.6 Å². The lowest BCUT2D eigenvalue weighted by atomic mass is 9.71. The summed E-state index contributed by atoms with van der Waals surface area (Å²) in [7, 11) is 0. The number of rotatable bonds is 3. The highest BCUT2D eigenvalue weighted by Crippen LogP contribution is 2.42. The van der Waals surface area contributed by atoms with Gasteiger partial charge >= 0.3 is 0 Å². The molecule has 1 N–H and O–H groups in total. The molecule has 2 nitrogen and oxygen atoms in total. The highest BCUT2D eigenvalue weighted by molar-refractivity contribution is 5.81. The first-order valence-corrected chi connectivity index (χ1v) is 5.84. The van der Waals surface area contributed by atoms with Crippen LogP contribution in [0.2, 0.25) is 0 Å². The molecule has 1 rings (SSSR count). The van der Waals surface area contributed by atoms with Crippen LogP contribution in [0.15, 0.2) is 16.3 Å². The van der Waals surface area contributed by atoms with Crippen LogP contribution in [0.3, 0.4) is 0 Å². The molecular weight excluding hydrogens is 186 g/mol. The predicted molar refractivity (Wildman–Crippen MR) is 64.5 cm³/mol. The van der Waals surface area contributed by atoms with Gasteiger partial charge in [0, 0.05) is 0 Å². The first kappa shape index (κ1) is 12.3. The first-order chi connectivity index (χ1) is 6.97. The van der Waals surface area contributed by atoms with Gasteiger partial charge in [-0.05, 0) is 51.4 Å². The first-order valence-electron chi connectivity index (χ1n) is 5.84. The molecule has 0 saturated carbocycles. The molecule has 0 radical (unpaired) electrons. The molecule has 0 bridgehead atoms. The molecule has 0 aromatic carbocycles. The molecule has 0 spiro atoms. The Morgan fingerprint density at radius 3 is 2.67 bits per heavy atom. The smallest absolute Gasteiger partial charge is 0.0543 e. The fraction of sp³-hybridized carbons (Fsp3) is 0.769. The van der Waals surface area contributed by atoms with Crippen molar-refractivity contribution in [3.63, 3.8) is 0 Å². The number of hydrogen-bond donors (Lipinski definition) is 1. The molecule has 0 saturated heterocycles. The molecule has 0 aromatic rings. The van der Waals surface area contributed by atoms with Gasteiger partial charge in [0.1, 0.15) is 0 Å². The van der Waals surface area contributed by atoms with Gasteiger partial charge in [0.15, 0.2) is 0 Å². The fourth-order valence-electron chi connectivity index (χ4n) is 2.58. The second-order valence-electron chi connectivity index (χ2n) is 5.33. The Morgan fingerprint density at radius 1 is 1.47 bits per heavy atom. The molecule has 86 valence electrons. The molecule has 0 aliphatic heterocycles. The highest BCUT2D eigenvalue weighted by atomic mass is 16.4. The van der Waals surface area contributed by atoms with Crippen molar-refractivity contribution in [3.8, 4) is 0 Å². The minimum Gasteiger partial charge on any atom is -0.411 e. The van der Waals surface area contributed by atoms with Gasteiger partial charge in [0.2, 0.25) is 0 Å². The summed E-state index contributed by atoms with van der Waals surface area (Å²) in [4.78, 5) is 0. The zero-order valence-electron chi connectivity index (χ0n) is 10.4. The maximum atomic E-state index is 8.63. The van der Waals surface area contributed by atoms with Crippen LogP contribution in [0, 0.1) is 5.41 Å². The van der Waals surface area contributed by atoms with Gasteiger partial charge in [-0.15, -0.1) is 0 Å². The second kappa shape index (κ2) is 4.82. The van der Waals surface area contributed by atoms with Crippen molar-refractivity contribution in [1.29, 1.82) is 0 Å². The Hall–Kier alpha value is -0.790. The molecular formula is C13H23NO. The third kappa shape index (κ3) is 3.08. The molecule has 0 heterocycles. The maximum Gasteiger partial charge on any atom is 0.0543 e. The third-order valence-corrected chi connectivity index (χ3v) is 3.59. The Balaban J connectivity index is 2.72. The van der Waals surface area contributed by atoms with Gasteiger partial charge in [-0.1, -0.05) is 30.1 Å². The largest absolute Gasteiger partial charge is 0.411 e. The van der Waals surface area contributed by atoms with Gasteiger partial charge in [0.25, 0.3) is 0 Å². The lowest BCUT2D eigenvalue weighted by Crippen LogP contribution is -2.20. The summed E-state index contributed by atoms with van der Waals surface area (Å²) in [5.74, 6) is 0. The molecule has 2 heteroatoms. The lowest BCUT2D eigenvalue weighted by molar-refractivity contribution is 0.316. The van der Waals surface area contributed by atoms with E-state index in [-0.39, 0.29) is 0 Å². The minimum atomic E-state index is 0.345. The molecule has 0 unspecified atom stereocenters. The van der Waals surface area contributed by atoms with Crippen LogP contribution in [-0.4, -0.2) is 10.9 Å². The monoisotopic (exact) mass is 209 g/mol. The number of oxime groups is 1. The van der Waals surface area contributed by atoms with E-state index >= 15 is 0 Å². The second-order valence-corrected chi connectivity index (χ2v) is 5.33. The van der Waals surface area contributed by atoms with E-state index < -0.39 is 0 Å². The van der Waals surface area contributed by atoms with Crippen LogP contribution in [0.5, 0.6) is 0 Å². The van der Waals surface area contributed by atoms with Crippen LogP contribution >= 0.6 is 0 Å². The van der Waals surface area contributed by atoms with E-state index in [0.29, 0.717) is 5.41 Å². The average molecular weight is 209 g/mol. The summed E-state index contributed by atoms with van der Waals surface area (Å²) in [6, 6.07) is 0. The molecule has 0 aromatic heterocycles. The normalized spacial score (nSPS) is 22.0. The van der Waals surface area contributed by atoms with E-state index in [4.69, 9.17) is 5.21 Å². The maximum absolute atomic E-state index is 8.63. The predicted octanol–water partition coefficient (Wildman–Crippen LogP) is 4.14. The highest BCUT2D eigenvalue weighted by Gasteiger charge is 2.27. The van der Waals surface area contributed by atoms with Gasteiger partial charge in [0.05, 0.1) is 5.71 Å². The molecule has 0 atom stereocenters. The van der Waals surface area contributed by atoms with Crippen molar-refractivity contribution in [2.75, 3.05) is 0 Å². The van der Waals surface area contributed by atoms with E-state index in [1.807, 2.05) is 6.92 Å². The van der Waals surface area contributed by atoms with Crippen molar-refractivity contribution < 1.29 is 5.21 Å². The Morgan fingerprint density at radius 2 is 2.13 bits per heavy atom. The molecule has 0 amide bonds. The van der Waals surface area contributed by atoms with Gasteiger partial charge in [-0.25, -0.2) is 0 Å². The van der Waals surface area contributed by atoms with E-state index in [2.05, 4.69) is 25.9 Å². The summed E-state index contributed by atoms with van der Waals surface area (Å²) in [5, 5.41) is 11.9. The topological polar surface area (TPSA) is 32.6 Å². The lowest BCUT2D eigenvalue weighted by Gasteiger charge is -2.34. The van der Waals surface area contributed by atoms with Crippen LogP contribution in [0.1, 0.15) is 59.8 Å². The standard InChI is InChI=1S/C13H23NO/c1-10-6-5-9-13(3,4)12(10)8-7-11(2)14-15/h15H,5-9H2,1-4H3/b14-11+. The number of hydrogen-bond acceptors (Lipinski definition) is 2. The summed E-state index contributed by atoms with van der Waals surface area (Å²) < 4.78 is 0. The minimum absolute atomic E-state index is 0.345. The fourth-order valence-corrected chi connectivity index (χ4v) is 2.58. The summed E-state index contributed by atoms with van der Waals surface area (Å²) in [6.45, 7) is 8.79. The van der Waals surface area contributed by atoms with E-state index in [1.54, 1.807) is 11.1 Å². The van der Waals surface area contributed by atoms with Gasteiger partial charge in [-0.2, -0.15) is 0 Å².